The molecule has 1 amide bonds. The van der Waals surface area contributed by atoms with Crippen molar-refractivity contribution in [1.82, 2.24) is 20.2 Å². The molecule has 1 aliphatic heterocycles. The maximum absolute atomic E-state index is 12.3. The number of nitrogens with zero attached hydrogens (tertiary/aromatic N) is 4. The van der Waals surface area contributed by atoms with E-state index in [1.165, 1.54) is 0 Å². The number of rotatable bonds is 5. The van der Waals surface area contributed by atoms with Crippen molar-refractivity contribution in [3.05, 3.63) is 23.5 Å². The largest absolute Gasteiger partial charge is 0.465 e. The molecule has 2 aromatic rings. The van der Waals surface area contributed by atoms with Gasteiger partial charge in [-0.05, 0) is 24.9 Å². The summed E-state index contributed by atoms with van der Waals surface area (Å²) in [4.78, 5) is 18.4. The number of likely N-dealkylation sites (tertiary alicyclic amines) is 1. The number of aromatic nitrogens is 3. The van der Waals surface area contributed by atoms with Gasteiger partial charge in [0.1, 0.15) is 5.76 Å². The van der Waals surface area contributed by atoms with Gasteiger partial charge in [-0.25, -0.2) is 0 Å². The molecule has 0 N–H and O–H groups in total. The first-order valence-electron chi connectivity index (χ1n) is 7.35. The predicted molar refractivity (Wildman–Crippen MR) is 74.1 cm³/mol. The highest BCUT2D eigenvalue weighted by molar-refractivity contribution is 5.78. The highest BCUT2D eigenvalue weighted by Gasteiger charge is 2.33. The predicted octanol–water partition coefficient (Wildman–Crippen LogP) is 1.67. The Labute approximate surface area is 127 Å². The first-order valence-corrected chi connectivity index (χ1v) is 7.35. The zero-order chi connectivity index (χ0) is 15.5. The van der Waals surface area contributed by atoms with Crippen LogP contribution >= 0.6 is 0 Å². The van der Waals surface area contributed by atoms with Crippen molar-refractivity contribution >= 4 is 5.91 Å². The molecular formula is C14H18N4O4. The Hall–Kier alpha value is -2.38. The zero-order valence-corrected chi connectivity index (χ0v) is 12.6. The average Bonchev–Trinajstić information content (AvgIpc) is 3.24. The Morgan fingerprint density at radius 1 is 1.45 bits per heavy atom. The molecule has 0 bridgehead atoms. The van der Waals surface area contributed by atoms with Crippen LogP contribution in [0.25, 0.3) is 0 Å². The van der Waals surface area contributed by atoms with Gasteiger partial charge in [0.15, 0.2) is 12.4 Å². The Morgan fingerprint density at radius 2 is 2.32 bits per heavy atom. The van der Waals surface area contributed by atoms with Gasteiger partial charge in [0.25, 0.3) is 11.8 Å². The molecule has 2 aromatic heterocycles. The van der Waals surface area contributed by atoms with Crippen molar-refractivity contribution in [2.75, 3.05) is 13.2 Å². The minimum atomic E-state index is -0.140. The minimum Gasteiger partial charge on any atom is -0.465 e. The number of hydrogen-bond donors (Lipinski definition) is 0. The van der Waals surface area contributed by atoms with E-state index in [9.17, 15) is 4.79 Å². The summed E-state index contributed by atoms with van der Waals surface area (Å²) < 4.78 is 15.4. The van der Waals surface area contributed by atoms with Crippen molar-refractivity contribution in [2.45, 2.75) is 39.2 Å². The van der Waals surface area contributed by atoms with E-state index in [4.69, 9.17) is 13.8 Å². The Kier molecular flexibility index (Phi) is 4.08. The van der Waals surface area contributed by atoms with Crippen molar-refractivity contribution in [1.29, 1.82) is 0 Å². The summed E-state index contributed by atoms with van der Waals surface area (Å²) in [7, 11) is 0. The van der Waals surface area contributed by atoms with Gasteiger partial charge in [-0.15, -0.1) is 0 Å². The van der Waals surface area contributed by atoms with Crippen LogP contribution in [0.15, 0.2) is 15.1 Å². The second-order valence-electron chi connectivity index (χ2n) is 5.21. The molecule has 0 radical (unpaired) electrons. The van der Waals surface area contributed by atoms with Gasteiger partial charge in [-0.1, -0.05) is 12.1 Å². The molecule has 3 rings (SSSR count). The number of hydrogen-bond acceptors (Lipinski definition) is 7. The number of amides is 1. The lowest BCUT2D eigenvalue weighted by atomic mass is 10.2. The van der Waals surface area contributed by atoms with E-state index in [0.717, 1.165) is 12.8 Å². The summed E-state index contributed by atoms with van der Waals surface area (Å²) in [6.45, 7) is 4.30. The molecule has 8 heteroatoms. The molecule has 0 saturated carbocycles. The van der Waals surface area contributed by atoms with E-state index < -0.39 is 0 Å². The van der Waals surface area contributed by atoms with Gasteiger partial charge in [0, 0.05) is 19.0 Å². The van der Waals surface area contributed by atoms with E-state index in [2.05, 4.69) is 15.3 Å². The number of aryl methyl sites for hydroxylation is 2. The van der Waals surface area contributed by atoms with E-state index in [-0.39, 0.29) is 18.6 Å². The van der Waals surface area contributed by atoms with E-state index in [1.807, 2.05) is 6.92 Å². The molecule has 0 aromatic carbocycles. The summed E-state index contributed by atoms with van der Waals surface area (Å²) in [6, 6.07) is 1.50. The van der Waals surface area contributed by atoms with Crippen molar-refractivity contribution in [2.24, 2.45) is 0 Å². The Bertz CT molecular complexity index is 651. The molecule has 118 valence electrons. The molecule has 0 aliphatic carbocycles. The van der Waals surface area contributed by atoms with Crippen LogP contribution in [0, 0.1) is 6.92 Å². The lowest BCUT2D eigenvalue weighted by Gasteiger charge is -2.21. The van der Waals surface area contributed by atoms with Crippen LogP contribution in [0.2, 0.25) is 0 Å². The molecule has 1 atom stereocenters. The van der Waals surface area contributed by atoms with Gasteiger partial charge in [0.05, 0.1) is 6.04 Å². The molecule has 1 fully saturated rings. The van der Waals surface area contributed by atoms with Gasteiger partial charge in [-0.3, -0.25) is 4.79 Å². The van der Waals surface area contributed by atoms with E-state index >= 15 is 0 Å². The fourth-order valence-electron chi connectivity index (χ4n) is 2.51. The van der Waals surface area contributed by atoms with Gasteiger partial charge in [0.2, 0.25) is 5.89 Å². The Morgan fingerprint density at radius 3 is 3.00 bits per heavy atom. The van der Waals surface area contributed by atoms with E-state index in [0.29, 0.717) is 36.3 Å². The summed E-state index contributed by atoms with van der Waals surface area (Å²) in [5, 5.41) is 7.67. The third-order valence-electron chi connectivity index (χ3n) is 3.61. The van der Waals surface area contributed by atoms with Crippen LogP contribution in [0.5, 0.6) is 5.88 Å². The third kappa shape index (κ3) is 2.95. The van der Waals surface area contributed by atoms with E-state index in [1.54, 1.807) is 17.9 Å². The molecular weight excluding hydrogens is 288 g/mol. The summed E-state index contributed by atoms with van der Waals surface area (Å²) in [5.41, 5.74) is 0. The molecule has 3 heterocycles. The van der Waals surface area contributed by atoms with Crippen LogP contribution in [0.3, 0.4) is 0 Å². The minimum absolute atomic E-state index is 0.0824. The molecule has 1 aliphatic rings. The lowest BCUT2D eigenvalue weighted by molar-refractivity contribution is -0.134. The number of carbonyl (C=O) groups is 1. The highest BCUT2D eigenvalue weighted by atomic mass is 16.5. The fourth-order valence-corrected chi connectivity index (χ4v) is 2.51. The van der Waals surface area contributed by atoms with Gasteiger partial charge in [-0.2, -0.15) is 4.98 Å². The first kappa shape index (κ1) is 14.6. The monoisotopic (exact) mass is 306 g/mol. The molecule has 8 nitrogen and oxygen atoms in total. The molecule has 1 saturated heterocycles. The molecule has 22 heavy (non-hydrogen) atoms. The Balaban J connectivity index is 1.63. The topological polar surface area (TPSA) is 94.5 Å². The van der Waals surface area contributed by atoms with Crippen molar-refractivity contribution in [3.8, 4) is 5.88 Å². The standard InChI is InChI=1S/C14H18N4O4/c1-3-11-15-14(17-22-11)10-5-4-6-18(10)13(19)8-20-12-7-9(2)21-16-12/h7,10H,3-6,8H2,1-2H3. The summed E-state index contributed by atoms with van der Waals surface area (Å²) in [6.07, 6.45) is 2.43. The summed E-state index contributed by atoms with van der Waals surface area (Å²) >= 11 is 0. The van der Waals surface area contributed by atoms with Crippen LogP contribution in [-0.2, 0) is 11.2 Å². The number of carbonyl (C=O) groups excluding carboxylic acids is 1. The first-order chi connectivity index (χ1) is 10.7. The quantitative estimate of drug-likeness (QED) is 0.829. The van der Waals surface area contributed by atoms with Crippen molar-refractivity contribution < 1.29 is 18.6 Å². The maximum atomic E-state index is 12.3. The smallest absolute Gasteiger partial charge is 0.261 e. The summed E-state index contributed by atoms with van der Waals surface area (Å²) in [5.74, 6) is 1.99. The molecule has 1 unspecified atom stereocenters. The van der Waals surface area contributed by atoms with Crippen LogP contribution in [0.4, 0.5) is 0 Å². The number of ether oxygens (including phenoxy) is 1. The second kappa shape index (κ2) is 6.17. The van der Waals surface area contributed by atoms with Crippen molar-refractivity contribution in [3.63, 3.8) is 0 Å². The SMILES string of the molecule is CCc1nc(C2CCCN2C(=O)COc2cc(C)on2)no1. The molecule has 0 spiro atoms. The normalized spacial score (nSPS) is 17.9. The van der Waals surface area contributed by atoms with Gasteiger partial charge >= 0.3 is 0 Å². The van der Waals surface area contributed by atoms with Crippen LogP contribution in [-0.4, -0.2) is 39.3 Å². The average molecular weight is 306 g/mol. The van der Waals surface area contributed by atoms with Gasteiger partial charge < -0.3 is 18.7 Å². The third-order valence-corrected chi connectivity index (χ3v) is 3.61. The van der Waals surface area contributed by atoms with Crippen LogP contribution in [0.1, 0.15) is 43.3 Å². The second-order valence-corrected chi connectivity index (χ2v) is 5.21. The lowest BCUT2D eigenvalue weighted by Crippen LogP contribution is -2.34. The maximum Gasteiger partial charge on any atom is 0.261 e. The highest BCUT2D eigenvalue weighted by Crippen LogP contribution is 2.30. The zero-order valence-electron chi connectivity index (χ0n) is 12.6. The van der Waals surface area contributed by atoms with Crippen LogP contribution < -0.4 is 4.74 Å². The fraction of sp³-hybridized carbons (Fsp3) is 0.571.